The molecule has 4 heteroatoms. The molecule has 0 heterocycles. The molecule has 248 valence electrons. The van der Waals surface area contributed by atoms with Gasteiger partial charge < -0.3 is 14.2 Å². The van der Waals surface area contributed by atoms with E-state index in [4.69, 9.17) is 14.2 Å². The van der Waals surface area contributed by atoms with Crippen LogP contribution in [0.2, 0.25) is 0 Å². The largest absolute Gasteiger partial charge is 0.497 e. The van der Waals surface area contributed by atoms with Gasteiger partial charge in [0, 0.05) is 16.5 Å². The predicted octanol–water partition coefficient (Wildman–Crippen LogP) is 11.7. The Morgan fingerprint density at radius 1 is 0.490 bits per heavy atom. The molecule has 0 unspecified atom stereocenters. The van der Waals surface area contributed by atoms with Crippen molar-refractivity contribution >= 4 is 5.78 Å². The van der Waals surface area contributed by atoms with E-state index in [-0.39, 0.29) is 11.2 Å². The predicted molar refractivity (Wildman–Crippen MR) is 200 cm³/mol. The van der Waals surface area contributed by atoms with Crippen molar-refractivity contribution in [3.63, 3.8) is 0 Å². The SMILES string of the molecule is CCc1ccc(Oc2ccc(C(C)(C)c3ccc(Oc4ccc(C)cc4)cc3)cc2)cc1.COc1ccc(C(=O)c2ccc(C)cc2)cc1. The summed E-state index contributed by atoms with van der Waals surface area (Å²) in [6, 6.07) is 47.8. The number of methoxy groups -OCH3 is 1. The summed E-state index contributed by atoms with van der Waals surface area (Å²) in [6.07, 6.45) is 1.03. The molecule has 6 aromatic rings. The summed E-state index contributed by atoms with van der Waals surface area (Å²) in [5.41, 5.74) is 7.40. The van der Waals surface area contributed by atoms with Crippen molar-refractivity contribution < 1.29 is 19.0 Å². The third kappa shape index (κ3) is 9.27. The number of rotatable bonds is 10. The number of hydrogen-bond acceptors (Lipinski definition) is 4. The minimum absolute atomic E-state index is 0.0349. The standard InChI is InChI=1S/C30H30O2.C15H14O2/c1-5-23-8-16-27(17-9-23)32-29-20-12-25(13-21-29)30(3,4)24-10-18-28(19-11-24)31-26-14-6-22(2)7-15-26;1-11-3-5-12(6-4-11)15(16)13-7-9-14(17-2)10-8-13/h6-21H,5H2,1-4H3;3-10H,1-2H3. The average Bonchev–Trinajstić information content (AvgIpc) is 3.14. The molecule has 6 rings (SSSR count). The molecular formula is C45H44O4. The quantitative estimate of drug-likeness (QED) is 0.139. The van der Waals surface area contributed by atoms with Crippen LogP contribution in [0.4, 0.5) is 0 Å². The Labute approximate surface area is 291 Å². The molecule has 0 aliphatic carbocycles. The van der Waals surface area contributed by atoms with Gasteiger partial charge in [0.2, 0.25) is 0 Å². The van der Waals surface area contributed by atoms with Crippen molar-refractivity contribution in [2.75, 3.05) is 7.11 Å². The second-order valence-corrected chi connectivity index (χ2v) is 12.6. The van der Waals surface area contributed by atoms with E-state index in [0.29, 0.717) is 11.1 Å². The van der Waals surface area contributed by atoms with Gasteiger partial charge in [-0.2, -0.15) is 0 Å². The van der Waals surface area contributed by atoms with Crippen LogP contribution in [0.15, 0.2) is 146 Å². The molecule has 4 nitrogen and oxygen atoms in total. The molecular weight excluding hydrogens is 604 g/mol. The molecule has 0 radical (unpaired) electrons. The van der Waals surface area contributed by atoms with E-state index in [0.717, 1.165) is 40.7 Å². The number of aryl methyl sites for hydroxylation is 3. The first-order chi connectivity index (χ1) is 23.6. The van der Waals surface area contributed by atoms with E-state index in [9.17, 15) is 4.79 Å². The van der Waals surface area contributed by atoms with Gasteiger partial charge in [-0.1, -0.05) is 105 Å². The van der Waals surface area contributed by atoms with E-state index < -0.39 is 0 Å². The van der Waals surface area contributed by atoms with Gasteiger partial charge in [0.1, 0.15) is 28.7 Å². The minimum Gasteiger partial charge on any atom is -0.497 e. The fourth-order valence-corrected chi connectivity index (χ4v) is 5.33. The smallest absolute Gasteiger partial charge is 0.193 e. The lowest BCUT2D eigenvalue weighted by Crippen LogP contribution is -2.18. The molecule has 49 heavy (non-hydrogen) atoms. The van der Waals surface area contributed by atoms with Gasteiger partial charge >= 0.3 is 0 Å². The lowest BCUT2D eigenvalue weighted by atomic mass is 9.78. The summed E-state index contributed by atoms with van der Waals surface area (Å²) in [6.45, 7) is 10.7. The van der Waals surface area contributed by atoms with Gasteiger partial charge in [-0.05, 0) is 110 Å². The highest BCUT2D eigenvalue weighted by Crippen LogP contribution is 2.35. The van der Waals surface area contributed by atoms with Gasteiger partial charge in [-0.25, -0.2) is 0 Å². The second kappa shape index (κ2) is 16.0. The van der Waals surface area contributed by atoms with Crippen LogP contribution in [-0.4, -0.2) is 12.9 Å². The maximum absolute atomic E-state index is 12.1. The Kier molecular flexibility index (Phi) is 11.3. The van der Waals surface area contributed by atoms with Gasteiger partial charge in [-0.3, -0.25) is 4.79 Å². The Morgan fingerprint density at radius 2 is 0.816 bits per heavy atom. The van der Waals surface area contributed by atoms with Gasteiger partial charge in [-0.15, -0.1) is 0 Å². The Bertz CT molecular complexity index is 1920. The Hall–Kier alpha value is -5.61. The fourth-order valence-electron chi connectivity index (χ4n) is 5.33. The first-order valence-corrected chi connectivity index (χ1v) is 16.6. The fraction of sp³-hybridized carbons (Fsp3) is 0.178. The molecule has 0 aromatic heterocycles. The Balaban J connectivity index is 0.000000232. The average molecular weight is 649 g/mol. The third-order valence-corrected chi connectivity index (χ3v) is 8.64. The lowest BCUT2D eigenvalue weighted by Gasteiger charge is -2.26. The zero-order chi connectivity index (χ0) is 34.8. The number of ether oxygens (including phenoxy) is 3. The molecule has 0 aliphatic rings. The third-order valence-electron chi connectivity index (χ3n) is 8.64. The van der Waals surface area contributed by atoms with Crippen LogP contribution in [0.5, 0.6) is 28.7 Å². The van der Waals surface area contributed by atoms with Crippen molar-refractivity contribution in [2.24, 2.45) is 0 Å². The highest BCUT2D eigenvalue weighted by molar-refractivity contribution is 6.09. The Morgan fingerprint density at radius 3 is 1.20 bits per heavy atom. The molecule has 0 spiro atoms. The lowest BCUT2D eigenvalue weighted by molar-refractivity contribution is 0.103. The van der Waals surface area contributed by atoms with Crippen LogP contribution >= 0.6 is 0 Å². The minimum atomic E-state index is -0.135. The molecule has 0 fully saturated rings. The van der Waals surface area contributed by atoms with Crippen LogP contribution < -0.4 is 14.2 Å². The van der Waals surface area contributed by atoms with E-state index >= 15 is 0 Å². The van der Waals surface area contributed by atoms with Gasteiger partial charge in [0.05, 0.1) is 7.11 Å². The maximum Gasteiger partial charge on any atom is 0.193 e. The molecule has 0 aliphatic heterocycles. The second-order valence-electron chi connectivity index (χ2n) is 12.6. The van der Waals surface area contributed by atoms with Crippen LogP contribution in [0, 0.1) is 13.8 Å². The van der Waals surface area contributed by atoms with Crippen molar-refractivity contribution in [3.05, 3.63) is 185 Å². The van der Waals surface area contributed by atoms with Gasteiger partial charge in [0.25, 0.3) is 0 Å². The summed E-state index contributed by atoms with van der Waals surface area (Å²) in [4.78, 5) is 12.1. The van der Waals surface area contributed by atoms with Crippen LogP contribution in [0.3, 0.4) is 0 Å². The normalized spacial score (nSPS) is 10.8. The van der Waals surface area contributed by atoms with Crippen LogP contribution in [0.25, 0.3) is 0 Å². The highest BCUT2D eigenvalue weighted by atomic mass is 16.5. The molecule has 0 saturated carbocycles. The molecule has 0 bridgehead atoms. The van der Waals surface area contributed by atoms with Crippen molar-refractivity contribution in [3.8, 4) is 28.7 Å². The summed E-state index contributed by atoms with van der Waals surface area (Å²) in [5, 5.41) is 0. The van der Waals surface area contributed by atoms with Crippen molar-refractivity contribution in [2.45, 2.75) is 46.5 Å². The number of benzene rings is 6. The topological polar surface area (TPSA) is 44.8 Å². The molecule has 0 saturated heterocycles. The maximum atomic E-state index is 12.1. The number of ketones is 1. The summed E-state index contributed by atoms with van der Waals surface area (Å²) in [7, 11) is 1.61. The summed E-state index contributed by atoms with van der Waals surface area (Å²) >= 11 is 0. The zero-order valence-electron chi connectivity index (χ0n) is 29.2. The molecule has 6 aromatic carbocycles. The number of hydrogen-bond donors (Lipinski definition) is 0. The zero-order valence-corrected chi connectivity index (χ0v) is 29.2. The first-order valence-electron chi connectivity index (χ1n) is 16.6. The number of carbonyl (C=O) groups is 1. The van der Waals surface area contributed by atoms with Crippen LogP contribution in [-0.2, 0) is 11.8 Å². The summed E-state index contributed by atoms with van der Waals surface area (Å²) < 4.78 is 17.1. The molecule has 0 amide bonds. The molecule has 0 atom stereocenters. The van der Waals surface area contributed by atoms with Crippen LogP contribution in [0.1, 0.15) is 64.5 Å². The number of carbonyl (C=O) groups excluding carboxylic acids is 1. The van der Waals surface area contributed by atoms with E-state index in [1.165, 1.54) is 22.3 Å². The summed E-state index contributed by atoms with van der Waals surface area (Å²) in [5.74, 6) is 4.18. The highest BCUT2D eigenvalue weighted by Gasteiger charge is 2.23. The van der Waals surface area contributed by atoms with Crippen molar-refractivity contribution in [1.29, 1.82) is 0 Å². The van der Waals surface area contributed by atoms with E-state index in [1.54, 1.807) is 31.4 Å². The first kappa shape index (κ1) is 34.7. The van der Waals surface area contributed by atoms with Gasteiger partial charge in [0.15, 0.2) is 5.78 Å². The van der Waals surface area contributed by atoms with Crippen molar-refractivity contribution in [1.82, 2.24) is 0 Å². The molecule has 0 N–H and O–H groups in total. The monoisotopic (exact) mass is 648 g/mol. The van der Waals surface area contributed by atoms with E-state index in [1.807, 2.05) is 79.7 Å². The van der Waals surface area contributed by atoms with E-state index in [2.05, 4.69) is 76.2 Å².